The van der Waals surface area contributed by atoms with E-state index in [0.717, 1.165) is 0 Å². The predicted octanol–water partition coefficient (Wildman–Crippen LogP) is 2.68. The van der Waals surface area contributed by atoms with Crippen molar-refractivity contribution >= 4 is 39.6 Å². The van der Waals surface area contributed by atoms with E-state index in [9.17, 15) is 4.79 Å². The number of hydrogen-bond acceptors (Lipinski definition) is 2. The van der Waals surface area contributed by atoms with Crippen LogP contribution in [0.4, 0.5) is 5.69 Å². The molecule has 13 heavy (non-hydrogen) atoms. The van der Waals surface area contributed by atoms with Crippen LogP contribution in [0.25, 0.3) is 0 Å². The highest BCUT2D eigenvalue weighted by Gasteiger charge is 2.07. The second kappa shape index (κ2) is 4.48. The minimum atomic E-state index is 0.446. The first-order valence-electron chi connectivity index (χ1n) is 3.42. The van der Waals surface area contributed by atoms with Gasteiger partial charge in [-0.05, 0) is 28.1 Å². The van der Waals surface area contributed by atoms with Crippen molar-refractivity contribution in [1.29, 1.82) is 0 Å². The van der Waals surface area contributed by atoms with Crippen molar-refractivity contribution in [3.63, 3.8) is 0 Å². The number of methoxy groups -OCH3 is 1. The van der Waals surface area contributed by atoms with Gasteiger partial charge in [-0.2, -0.15) is 0 Å². The number of anilines is 1. The molecule has 5 heteroatoms. The molecule has 1 aromatic carbocycles. The first-order valence-corrected chi connectivity index (χ1v) is 4.59. The Labute approximate surface area is 89.2 Å². The average Bonchev–Trinajstić information content (AvgIpc) is 2.04. The maximum absolute atomic E-state index is 10.2. The Kier molecular flexibility index (Phi) is 3.57. The van der Waals surface area contributed by atoms with Crippen LogP contribution in [0, 0.1) is 0 Å². The molecule has 0 heterocycles. The Bertz CT molecular complexity index is 307. The molecule has 0 fully saturated rings. The zero-order chi connectivity index (χ0) is 9.84. The summed E-state index contributed by atoms with van der Waals surface area (Å²) in [6.45, 7) is 0. The van der Waals surface area contributed by atoms with Crippen LogP contribution in [0.5, 0.6) is 5.75 Å². The van der Waals surface area contributed by atoms with Gasteiger partial charge >= 0.3 is 0 Å². The molecule has 3 nitrogen and oxygen atoms in total. The number of nitrogens with one attached hydrogen (secondary N) is 1. The highest BCUT2D eigenvalue weighted by atomic mass is 79.9. The van der Waals surface area contributed by atoms with Crippen molar-refractivity contribution in [1.82, 2.24) is 0 Å². The number of carbonyl (C=O) groups is 1. The van der Waals surface area contributed by atoms with Gasteiger partial charge in [0.25, 0.3) is 0 Å². The number of hydrogen-bond donors (Lipinski definition) is 1. The van der Waals surface area contributed by atoms with E-state index in [1.165, 1.54) is 7.11 Å². The van der Waals surface area contributed by atoms with Gasteiger partial charge < -0.3 is 10.1 Å². The molecule has 0 aliphatic heterocycles. The Morgan fingerprint density at radius 1 is 1.62 bits per heavy atom. The summed E-state index contributed by atoms with van der Waals surface area (Å²) >= 11 is 9.12. The van der Waals surface area contributed by atoms with Gasteiger partial charge in [-0.1, -0.05) is 11.6 Å². The molecule has 1 rings (SSSR count). The van der Waals surface area contributed by atoms with E-state index in [1.807, 2.05) is 0 Å². The van der Waals surface area contributed by atoms with Crippen LogP contribution in [0.3, 0.4) is 0 Å². The molecule has 0 aliphatic carbocycles. The number of rotatable bonds is 3. The topological polar surface area (TPSA) is 38.3 Å². The smallest absolute Gasteiger partial charge is 0.211 e. The van der Waals surface area contributed by atoms with Gasteiger partial charge in [0.15, 0.2) is 5.75 Å². The fraction of sp³-hybridized carbons (Fsp3) is 0.125. The van der Waals surface area contributed by atoms with E-state index < -0.39 is 0 Å². The standard InChI is InChI=1S/C8H7BrClNO2/c1-13-8-6(9)2-5(11-4-12)3-7(8)10/h2-4H,1H3,(H,11,12). The van der Waals surface area contributed by atoms with Crippen molar-refractivity contribution in [2.75, 3.05) is 12.4 Å². The summed E-state index contributed by atoms with van der Waals surface area (Å²) < 4.78 is 5.71. The number of benzene rings is 1. The first-order chi connectivity index (χ1) is 6.19. The fourth-order valence-corrected chi connectivity index (χ4v) is 1.94. The van der Waals surface area contributed by atoms with Crippen LogP contribution in [0.1, 0.15) is 0 Å². The van der Waals surface area contributed by atoms with E-state index in [-0.39, 0.29) is 0 Å². The second-order valence-electron chi connectivity index (χ2n) is 2.24. The molecule has 70 valence electrons. The number of ether oxygens (including phenoxy) is 1. The van der Waals surface area contributed by atoms with E-state index >= 15 is 0 Å². The fourth-order valence-electron chi connectivity index (χ4n) is 0.906. The molecule has 1 aromatic rings. The van der Waals surface area contributed by atoms with Crippen molar-refractivity contribution < 1.29 is 9.53 Å². The second-order valence-corrected chi connectivity index (χ2v) is 3.50. The zero-order valence-electron chi connectivity index (χ0n) is 6.80. The summed E-state index contributed by atoms with van der Waals surface area (Å²) in [6.07, 6.45) is 0.588. The average molecular weight is 265 g/mol. The minimum absolute atomic E-state index is 0.446. The number of carbonyl (C=O) groups excluding carboxylic acids is 1. The van der Waals surface area contributed by atoms with E-state index in [0.29, 0.717) is 27.3 Å². The van der Waals surface area contributed by atoms with Gasteiger partial charge in [0.05, 0.1) is 16.6 Å². The lowest BCUT2D eigenvalue weighted by Crippen LogP contribution is -1.95. The molecule has 1 N–H and O–H groups in total. The lowest BCUT2D eigenvalue weighted by Gasteiger charge is -2.07. The molecule has 1 amide bonds. The molecule has 0 atom stereocenters. The highest BCUT2D eigenvalue weighted by molar-refractivity contribution is 9.10. The molecule has 0 aromatic heterocycles. The maximum atomic E-state index is 10.2. The van der Waals surface area contributed by atoms with E-state index in [1.54, 1.807) is 12.1 Å². The Balaban J connectivity index is 3.12. The predicted molar refractivity (Wildman–Crippen MR) is 55.4 cm³/mol. The third-order valence-electron chi connectivity index (χ3n) is 1.43. The molecule has 0 radical (unpaired) electrons. The van der Waals surface area contributed by atoms with Crippen LogP contribution >= 0.6 is 27.5 Å². The minimum Gasteiger partial charge on any atom is -0.494 e. The molecule has 0 saturated heterocycles. The lowest BCUT2D eigenvalue weighted by molar-refractivity contribution is -0.105. The lowest BCUT2D eigenvalue weighted by atomic mass is 10.3. The summed E-state index contributed by atoms with van der Waals surface area (Å²) in [5, 5.41) is 2.94. The quantitative estimate of drug-likeness (QED) is 0.853. The molecule has 0 bridgehead atoms. The molecular formula is C8H7BrClNO2. The Morgan fingerprint density at radius 2 is 2.31 bits per heavy atom. The van der Waals surface area contributed by atoms with Gasteiger partial charge in [-0.3, -0.25) is 4.79 Å². The SMILES string of the molecule is COc1c(Cl)cc(NC=O)cc1Br. The molecule has 0 spiro atoms. The van der Waals surface area contributed by atoms with Crippen LogP contribution in [0.2, 0.25) is 5.02 Å². The van der Waals surface area contributed by atoms with Crippen molar-refractivity contribution in [3.8, 4) is 5.75 Å². The third kappa shape index (κ3) is 2.35. The summed E-state index contributed by atoms with van der Waals surface area (Å²) in [5.74, 6) is 0.554. The van der Waals surface area contributed by atoms with Gasteiger partial charge in [0.1, 0.15) is 0 Å². The largest absolute Gasteiger partial charge is 0.494 e. The summed E-state index contributed by atoms with van der Waals surface area (Å²) in [6, 6.07) is 3.32. The van der Waals surface area contributed by atoms with E-state index in [4.69, 9.17) is 16.3 Å². The van der Waals surface area contributed by atoms with E-state index in [2.05, 4.69) is 21.2 Å². The number of amides is 1. The maximum Gasteiger partial charge on any atom is 0.211 e. The van der Waals surface area contributed by atoms with Crippen LogP contribution in [0.15, 0.2) is 16.6 Å². The first kappa shape index (κ1) is 10.3. The van der Waals surface area contributed by atoms with Gasteiger partial charge in [-0.25, -0.2) is 0 Å². The zero-order valence-corrected chi connectivity index (χ0v) is 9.15. The molecule has 0 saturated carbocycles. The van der Waals surface area contributed by atoms with Gasteiger partial charge in [0.2, 0.25) is 6.41 Å². The van der Waals surface area contributed by atoms with Crippen molar-refractivity contribution in [2.24, 2.45) is 0 Å². The highest BCUT2D eigenvalue weighted by Crippen LogP contribution is 2.35. The summed E-state index contributed by atoms with van der Waals surface area (Å²) in [4.78, 5) is 10.2. The van der Waals surface area contributed by atoms with Crippen LogP contribution < -0.4 is 10.1 Å². The molecular weight excluding hydrogens is 257 g/mol. The normalized spacial score (nSPS) is 9.46. The van der Waals surface area contributed by atoms with Crippen LogP contribution in [-0.2, 0) is 4.79 Å². The van der Waals surface area contributed by atoms with Gasteiger partial charge in [-0.15, -0.1) is 0 Å². The van der Waals surface area contributed by atoms with Crippen LogP contribution in [-0.4, -0.2) is 13.5 Å². The summed E-state index contributed by atoms with van der Waals surface area (Å²) in [5.41, 5.74) is 0.618. The third-order valence-corrected chi connectivity index (χ3v) is 2.30. The van der Waals surface area contributed by atoms with Gasteiger partial charge in [0, 0.05) is 5.69 Å². The number of halogens is 2. The van der Waals surface area contributed by atoms with Crippen molar-refractivity contribution in [2.45, 2.75) is 0 Å². The molecule has 0 aliphatic rings. The van der Waals surface area contributed by atoms with Crippen molar-refractivity contribution in [3.05, 3.63) is 21.6 Å². The summed E-state index contributed by atoms with van der Waals surface area (Å²) in [7, 11) is 1.53. The Morgan fingerprint density at radius 3 is 2.77 bits per heavy atom. The molecule has 0 unspecified atom stereocenters. The monoisotopic (exact) mass is 263 g/mol. The Hall–Kier alpha value is -0.740.